The lowest BCUT2D eigenvalue weighted by molar-refractivity contribution is 0.215. The Labute approximate surface area is 88.4 Å². The molecule has 1 aliphatic rings. The second-order valence-corrected chi connectivity index (χ2v) is 4.49. The van der Waals surface area contributed by atoms with E-state index in [4.69, 9.17) is 0 Å². The third kappa shape index (κ3) is 4.25. The van der Waals surface area contributed by atoms with E-state index in [1.807, 2.05) is 0 Å². The number of nitrogens with zero attached hydrogens (tertiary/aromatic N) is 1. The molecule has 82 valence electrons. The lowest BCUT2D eigenvalue weighted by Crippen LogP contribution is -2.50. The minimum Gasteiger partial charge on any atom is -0.311 e. The zero-order valence-electron chi connectivity index (χ0n) is 9.79. The Kier molecular flexibility index (Phi) is 5.20. The van der Waals surface area contributed by atoms with Gasteiger partial charge in [0.25, 0.3) is 0 Å². The van der Waals surface area contributed by atoms with Crippen LogP contribution in [0.15, 0.2) is 12.2 Å². The van der Waals surface area contributed by atoms with E-state index in [0.717, 1.165) is 13.1 Å². The normalized spacial score (nSPS) is 25.0. The van der Waals surface area contributed by atoms with Gasteiger partial charge in [-0.25, -0.2) is 0 Å². The quantitative estimate of drug-likeness (QED) is 0.691. The first-order chi connectivity index (χ1) is 6.72. The molecule has 1 fully saturated rings. The average Bonchev–Trinajstić information content (AvgIpc) is 2.18. The van der Waals surface area contributed by atoms with Crippen molar-refractivity contribution in [3.05, 3.63) is 12.2 Å². The van der Waals surface area contributed by atoms with E-state index in [1.54, 1.807) is 0 Å². The molecule has 0 aromatic rings. The number of hydrogen-bond donors (Lipinski definition) is 1. The largest absolute Gasteiger partial charge is 0.311 e. The molecule has 1 rings (SSSR count). The fourth-order valence-corrected chi connectivity index (χ4v) is 1.82. The highest BCUT2D eigenvalue weighted by Gasteiger charge is 2.15. The van der Waals surface area contributed by atoms with Gasteiger partial charge in [0.05, 0.1) is 0 Å². The van der Waals surface area contributed by atoms with Crippen LogP contribution in [0.5, 0.6) is 0 Å². The molecule has 0 spiro atoms. The molecule has 1 atom stereocenters. The number of piperazine rings is 1. The third-order valence-electron chi connectivity index (χ3n) is 2.72. The summed E-state index contributed by atoms with van der Waals surface area (Å²) in [7, 11) is 0. The molecule has 0 aromatic heterocycles. The van der Waals surface area contributed by atoms with Crippen molar-refractivity contribution in [2.45, 2.75) is 33.2 Å². The van der Waals surface area contributed by atoms with Crippen molar-refractivity contribution >= 4 is 0 Å². The van der Waals surface area contributed by atoms with Crippen molar-refractivity contribution in [3.63, 3.8) is 0 Å². The molecular weight excluding hydrogens is 172 g/mol. The Hall–Kier alpha value is -0.340. The summed E-state index contributed by atoms with van der Waals surface area (Å²) in [4.78, 5) is 2.53. The fraction of sp³-hybridized carbons (Fsp3) is 0.833. The molecule has 0 amide bonds. The van der Waals surface area contributed by atoms with Crippen molar-refractivity contribution in [1.82, 2.24) is 10.2 Å². The number of nitrogens with one attached hydrogen (secondary N) is 1. The topological polar surface area (TPSA) is 15.3 Å². The molecule has 2 heteroatoms. The Morgan fingerprint density at radius 1 is 1.50 bits per heavy atom. The SMILES string of the molecule is CC[C@H]1CN(C/C=C/C(C)C)CCN1. The highest BCUT2D eigenvalue weighted by molar-refractivity contribution is 4.89. The van der Waals surface area contributed by atoms with Crippen LogP contribution < -0.4 is 5.32 Å². The van der Waals surface area contributed by atoms with Gasteiger partial charge in [-0.2, -0.15) is 0 Å². The van der Waals surface area contributed by atoms with E-state index in [-0.39, 0.29) is 0 Å². The van der Waals surface area contributed by atoms with E-state index in [2.05, 4.69) is 43.1 Å². The molecule has 1 saturated heterocycles. The molecule has 0 unspecified atom stereocenters. The highest BCUT2D eigenvalue weighted by Crippen LogP contribution is 2.02. The second-order valence-electron chi connectivity index (χ2n) is 4.49. The van der Waals surface area contributed by atoms with Crippen LogP contribution in [0.1, 0.15) is 27.2 Å². The molecule has 2 nitrogen and oxygen atoms in total. The van der Waals surface area contributed by atoms with Gasteiger partial charge in [-0.3, -0.25) is 4.90 Å². The summed E-state index contributed by atoms with van der Waals surface area (Å²) in [6.07, 6.45) is 5.84. The molecular formula is C12H24N2. The first kappa shape index (κ1) is 11.7. The minimum atomic E-state index is 0.680. The van der Waals surface area contributed by atoms with Crippen molar-refractivity contribution < 1.29 is 0 Å². The lowest BCUT2D eigenvalue weighted by atomic mass is 10.1. The molecule has 0 aromatic carbocycles. The summed E-state index contributed by atoms with van der Waals surface area (Å²) in [5.74, 6) is 0.680. The monoisotopic (exact) mass is 196 g/mol. The molecule has 1 aliphatic heterocycles. The Bertz CT molecular complexity index is 175. The lowest BCUT2D eigenvalue weighted by Gasteiger charge is -2.32. The molecule has 1 heterocycles. The van der Waals surface area contributed by atoms with Crippen LogP contribution in [0.3, 0.4) is 0 Å². The molecule has 0 bridgehead atoms. The molecule has 0 aliphatic carbocycles. The fourth-order valence-electron chi connectivity index (χ4n) is 1.82. The summed E-state index contributed by atoms with van der Waals surface area (Å²) in [6, 6.07) is 0.705. The smallest absolute Gasteiger partial charge is 0.0193 e. The van der Waals surface area contributed by atoms with E-state index in [9.17, 15) is 0 Å². The standard InChI is InChI=1S/C12H24N2/c1-4-12-10-14(9-7-13-12)8-5-6-11(2)3/h5-6,11-13H,4,7-10H2,1-3H3/b6-5+/t12-/m0/s1. The van der Waals surface area contributed by atoms with Gasteiger partial charge >= 0.3 is 0 Å². The zero-order valence-corrected chi connectivity index (χ0v) is 9.79. The summed E-state index contributed by atoms with van der Waals surface area (Å²) in [6.45, 7) is 11.4. The number of rotatable bonds is 4. The number of allylic oxidation sites excluding steroid dienone is 1. The molecule has 0 radical (unpaired) electrons. The van der Waals surface area contributed by atoms with Gasteiger partial charge in [0.15, 0.2) is 0 Å². The van der Waals surface area contributed by atoms with Gasteiger partial charge in [0.2, 0.25) is 0 Å². The Morgan fingerprint density at radius 2 is 2.29 bits per heavy atom. The summed E-state index contributed by atoms with van der Waals surface area (Å²) in [5, 5.41) is 3.53. The predicted octanol–water partition coefficient (Wildman–Crippen LogP) is 1.88. The summed E-state index contributed by atoms with van der Waals surface area (Å²) in [5.41, 5.74) is 0. The van der Waals surface area contributed by atoms with Crippen molar-refractivity contribution in [3.8, 4) is 0 Å². The summed E-state index contributed by atoms with van der Waals surface area (Å²) < 4.78 is 0. The first-order valence-corrected chi connectivity index (χ1v) is 5.84. The van der Waals surface area contributed by atoms with Crippen molar-refractivity contribution in [2.75, 3.05) is 26.2 Å². The van der Waals surface area contributed by atoms with Gasteiger partial charge in [0, 0.05) is 32.2 Å². The van der Waals surface area contributed by atoms with Crippen LogP contribution >= 0.6 is 0 Å². The molecule has 14 heavy (non-hydrogen) atoms. The Morgan fingerprint density at radius 3 is 2.93 bits per heavy atom. The van der Waals surface area contributed by atoms with E-state index in [1.165, 1.54) is 19.5 Å². The zero-order chi connectivity index (χ0) is 10.4. The maximum atomic E-state index is 3.53. The van der Waals surface area contributed by atoms with E-state index >= 15 is 0 Å². The van der Waals surface area contributed by atoms with Gasteiger partial charge in [0.1, 0.15) is 0 Å². The van der Waals surface area contributed by atoms with Gasteiger partial charge in [-0.1, -0.05) is 32.9 Å². The van der Waals surface area contributed by atoms with Crippen LogP contribution in [0.2, 0.25) is 0 Å². The van der Waals surface area contributed by atoms with Crippen LogP contribution in [0.25, 0.3) is 0 Å². The summed E-state index contributed by atoms with van der Waals surface area (Å²) >= 11 is 0. The third-order valence-corrected chi connectivity index (χ3v) is 2.72. The van der Waals surface area contributed by atoms with E-state index in [0.29, 0.717) is 12.0 Å². The molecule has 0 saturated carbocycles. The minimum absolute atomic E-state index is 0.680. The maximum Gasteiger partial charge on any atom is 0.0193 e. The number of hydrogen-bond acceptors (Lipinski definition) is 2. The average molecular weight is 196 g/mol. The maximum absolute atomic E-state index is 3.53. The highest BCUT2D eigenvalue weighted by atomic mass is 15.2. The Balaban J connectivity index is 2.23. The van der Waals surface area contributed by atoms with Gasteiger partial charge in [-0.15, -0.1) is 0 Å². The van der Waals surface area contributed by atoms with Crippen LogP contribution in [-0.2, 0) is 0 Å². The van der Waals surface area contributed by atoms with Crippen molar-refractivity contribution in [1.29, 1.82) is 0 Å². The van der Waals surface area contributed by atoms with E-state index < -0.39 is 0 Å². The van der Waals surface area contributed by atoms with Crippen LogP contribution in [-0.4, -0.2) is 37.1 Å². The van der Waals surface area contributed by atoms with Gasteiger partial charge < -0.3 is 5.32 Å². The second kappa shape index (κ2) is 6.20. The first-order valence-electron chi connectivity index (χ1n) is 5.84. The molecule has 1 N–H and O–H groups in total. The van der Waals surface area contributed by atoms with Crippen molar-refractivity contribution in [2.24, 2.45) is 5.92 Å². The van der Waals surface area contributed by atoms with Crippen LogP contribution in [0, 0.1) is 5.92 Å². The van der Waals surface area contributed by atoms with Gasteiger partial charge in [-0.05, 0) is 12.3 Å². The van der Waals surface area contributed by atoms with Crippen LogP contribution in [0.4, 0.5) is 0 Å². The predicted molar refractivity (Wildman–Crippen MR) is 62.5 cm³/mol.